The fraction of sp³-hybridized carbons (Fsp3) is 0.333. The fourth-order valence-corrected chi connectivity index (χ4v) is 3.22. The average molecular weight is 313 g/mol. The van der Waals surface area contributed by atoms with Crippen molar-refractivity contribution in [2.75, 3.05) is 11.6 Å². The van der Waals surface area contributed by atoms with E-state index in [1.807, 2.05) is 25.5 Å². The lowest BCUT2D eigenvalue weighted by Gasteiger charge is -2.12. The first-order valence-electron chi connectivity index (χ1n) is 7.49. The highest BCUT2D eigenvalue weighted by molar-refractivity contribution is 8.13. The van der Waals surface area contributed by atoms with Crippen LogP contribution in [0.25, 0.3) is 0 Å². The summed E-state index contributed by atoms with van der Waals surface area (Å²) < 4.78 is 0. The Kier molecular flexibility index (Phi) is 6.01. The number of nitrogens with one attached hydrogen (secondary N) is 1. The first kappa shape index (κ1) is 16.6. The molecule has 1 aliphatic rings. The summed E-state index contributed by atoms with van der Waals surface area (Å²) in [6.07, 6.45) is 11.6. The largest absolute Gasteiger partial charge is 0.361 e. The second kappa shape index (κ2) is 7.99. The number of rotatable bonds is 5. The van der Waals surface area contributed by atoms with Gasteiger partial charge in [-0.2, -0.15) is 5.10 Å². The quantitative estimate of drug-likeness (QED) is 0.372. The van der Waals surface area contributed by atoms with Crippen LogP contribution in [0.3, 0.4) is 0 Å². The van der Waals surface area contributed by atoms with Crippen molar-refractivity contribution in [1.82, 2.24) is 0 Å². The predicted molar refractivity (Wildman–Crippen MR) is 100 cm³/mol. The van der Waals surface area contributed by atoms with E-state index in [0.717, 1.165) is 29.1 Å². The summed E-state index contributed by atoms with van der Waals surface area (Å²) >= 11 is 1.62. The molecule has 0 saturated heterocycles. The van der Waals surface area contributed by atoms with Gasteiger partial charge in [0.15, 0.2) is 0 Å². The normalized spacial score (nSPS) is 18.1. The number of hydrogen-bond donors (Lipinski definition) is 1. The lowest BCUT2D eigenvalue weighted by atomic mass is 10.0. The number of hydrogen-bond acceptors (Lipinski definition) is 4. The van der Waals surface area contributed by atoms with Crippen LogP contribution in [0.15, 0.2) is 47.3 Å². The molecule has 0 radical (unpaired) electrons. The molecule has 22 heavy (non-hydrogen) atoms. The van der Waals surface area contributed by atoms with Gasteiger partial charge in [0.05, 0.1) is 0 Å². The maximum Gasteiger partial charge on any atom is 0.126 e. The smallest absolute Gasteiger partial charge is 0.126 e. The van der Waals surface area contributed by atoms with Gasteiger partial charge in [0.2, 0.25) is 0 Å². The van der Waals surface area contributed by atoms with Crippen molar-refractivity contribution in [3.8, 4) is 0 Å². The number of nitrogens with zero attached hydrogens (tertiary/aromatic N) is 2. The number of anilines is 1. The molecule has 2 rings (SSSR count). The Morgan fingerprint density at radius 3 is 2.91 bits per heavy atom. The number of allylic oxidation sites excluding steroid dienone is 2. The van der Waals surface area contributed by atoms with Crippen molar-refractivity contribution < 1.29 is 0 Å². The van der Waals surface area contributed by atoms with Crippen LogP contribution in [0, 0.1) is 5.92 Å². The zero-order chi connectivity index (χ0) is 15.9. The van der Waals surface area contributed by atoms with Crippen LogP contribution >= 0.6 is 11.8 Å². The molecule has 1 unspecified atom stereocenters. The van der Waals surface area contributed by atoms with E-state index in [1.54, 1.807) is 24.1 Å². The standard InChI is InChI=1S/C18H23N3S/c1-5-7-8-19-17-12-15(18(22-4)21-20-6-2)11-14-9-13(3)10-16(14)17/h5-8,11-13,19H,1,9-10H2,2-4H3/b8-7-,20-6+,21-18-. The highest BCUT2D eigenvalue weighted by Gasteiger charge is 2.22. The van der Waals surface area contributed by atoms with Crippen LogP contribution in [-0.4, -0.2) is 17.5 Å². The third-order valence-electron chi connectivity index (χ3n) is 3.64. The Bertz CT molecular complexity index is 629. The maximum absolute atomic E-state index is 4.30. The molecule has 0 fully saturated rings. The van der Waals surface area contributed by atoms with Gasteiger partial charge >= 0.3 is 0 Å². The van der Waals surface area contributed by atoms with Crippen LogP contribution in [-0.2, 0) is 12.8 Å². The van der Waals surface area contributed by atoms with Crippen molar-refractivity contribution in [1.29, 1.82) is 0 Å². The van der Waals surface area contributed by atoms with Crippen molar-refractivity contribution in [2.45, 2.75) is 26.7 Å². The van der Waals surface area contributed by atoms with Gasteiger partial charge in [0.25, 0.3) is 0 Å². The first-order valence-corrected chi connectivity index (χ1v) is 8.72. The summed E-state index contributed by atoms with van der Waals surface area (Å²) in [6, 6.07) is 4.44. The Hall–Kier alpha value is -1.81. The van der Waals surface area contributed by atoms with Crippen LogP contribution in [0.5, 0.6) is 0 Å². The van der Waals surface area contributed by atoms with E-state index >= 15 is 0 Å². The first-order chi connectivity index (χ1) is 10.7. The molecule has 4 heteroatoms. The van der Waals surface area contributed by atoms with E-state index in [1.165, 1.54) is 11.1 Å². The predicted octanol–water partition coefficient (Wildman–Crippen LogP) is 4.65. The molecule has 1 aromatic carbocycles. The number of fused-ring (bicyclic) bond motifs is 1. The summed E-state index contributed by atoms with van der Waals surface area (Å²) in [4.78, 5) is 0. The minimum atomic E-state index is 0.692. The molecule has 0 heterocycles. The molecule has 1 atom stereocenters. The second-order valence-corrected chi connectivity index (χ2v) is 6.19. The molecule has 116 valence electrons. The highest BCUT2D eigenvalue weighted by atomic mass is 32.2. The molecule has 0 saturated carbocycles. The van der Waals surface area contributed by atoms with E-state index in [9.17, 15) is 0 Å². The SMILES string of the molecule is C=C/C=C\Nc1cc(/C(=N/N=C/C)SC)cc2c1CC(C)C2. The zero-order valence-electron chi connectivity index (χ0n) is 13.5. The average Bonchev–Trinajstić information content (AvgIpc) is 2.89. The van der Waals surface area contributed by atoms with Gasteiger partial charge in [0.1, 0.15) is 5.04 Å². The zero-order valence-corrected chi connectivity index (χ0v) is 14.3. The maximum atomic E-state index is 4.30. The Morgan fingerprint density at radius 2 is 2.23 bits per heavy atom. The monoisotopic (exact) mass is 313 g/mol. The second-order valence-electron chi connectivity index (χ2n) is 5.40. The molecule has 0 amide bonds. The van der Waals surface area contributed by atoms with Crippen LogP contribution in [0.1, 0.15) is 30.5 Å². The summed E-state index contributed by atoms with van der Waals surface area (Å²) in [5, 5.41) is 12.7. The summed E-state index contributed by atoms with van der Waals surface area (Å²) in [7, 11) is 0. The molecule has 3 nitrogen and oxygen atoms in total. The topological polar surface area (TPSA) is 36.8 Å². The third kappa shape index (κ3) is 3.89. The third-order valence-corrected chi connectivity index (χ3v) is 4.34. The minimum absolute atomic E-state index is 0.692. The highest BCUT2D eigenvalue weighted by Crippen LogP contribution is 2.34. The Labute approximate surface area is 137 Å². The minimum Gasteiger partial charge on any atom is -0.361 e. The molecule has 0 aromatic heterocycles. The van der Waals surface area contributed by atoms with Gasteiger partial charge in [-0.1, -0.05) is 19.6 Å². The fourth-order valence-electron chi connectivity index (χ4n) is 2.74. The lowest BCUT2D eigenvalue weighted by molar-refractivity contribution is 0.628. The number of thioether (sulfide) groups is 1. The van der Waals surface area contributed by atoms with E-state index < -0.39 is 0 Å². The van der Waals surface area contributed by atoms with Crippen LogP contribution < -0.4 is 5.32 Å². The Balaban J connectivity index is 2.44. The molecule has 1 aromatic rings. The summed E-state index contributed by atoms with van der Waals surface area (Å²) in [6.45, 7) is 7.88. The molecule has 0 bridgehead atoms. The van der Waals surface area contributed by atoms with E-state index in [0.29, 0.717) is 5.92 Å². The molecule has 0 aliphatic heterocycles. The molecule has 0 spiro atoms. The van der Waals surface area contributed by atoms with Crippen molar-refractivity contribution in [2.24, 2.45) is 16.1 Å². The lowest BCUT2D eigenvalue weighted by Crippen LogP contribution is -2.01. The number of benzene rings is 1. The van der Waals surface area contributed by atoms with E-state index in [4.69, 9.17) is 0 Å². The van der Waals surface area contributed by atoms with Crippen LogP contribution in [0.2, 0.25) is 0 Å². The molecular weight excluding hydrogens is 290 g/mol. The molecule has 1 N–H and O–H groups in total. The van der Waals surface area contributed by atoms with Crippen molar-refractivity contribution >= 4 is 28.7 Å². The summed E-state index contributed by atoms with van der Waals surface area (Å²) in [5.41, 5.74) is 5.13. The summed E-state index contributed by atoms with van der Waals surface area (Å²) in [5.74, 6) is 0.692. The van der Waals surface area contributed by atoms with Crippen molar-refractivity contribution in [3.05, 3.63) is 53.8 Å². The van der Waals surface area contributed by atoms with Gasteiger partial charge in [-0.25, -0.2) is 0 Å². The van der Waals surface area contributed by atoms with Gasteiger partial charge in [-0.05, 0) is 61.3 Å². The molecule has 1 aliphatic carbocycles. The van der Waals surface area contributed by atoms with Crippen molar-refractivity contribution in [3.63, 3.8) is 0 Å². The van der Waals surface area contributed by atoms with E-state index in [2.05, 4.69) is 41.2 Å². The molecular formula is C18H23N3S. The van der Waals surface area contributed by atoms with Gasteiger partial charge in [-0.3, -0.25) is 0 Å². The van der Waals surface area contributed by atoms with Crippen LogP contribution in [0.4, 0.5) is 5.69 Å². The van der Waals surface area contributed by atoms with Gasteiger partial charge in [-0.15, -0.1) is 16.9 Å². The van der Waals surface area contributed by atoms with Gasteiger partial charge < -0.3 is 5.32 Å². The Morgan fingerprint density at radius 1 is 1.41 bits per heavy atom. The van der Waals surface area contributed by atoms with Gasteiger partial charge in [0, 0.05) is 23.7 Å². The van der Waals surface area contributed by atoms with E-state index in [-0.39, 0.29) is 0 Å².